The van der Waals surface area contributed by atoms with Gasteiger partial charge in [0.15, 0.2) is 0 Å². The van der Waals surface area contributed by atoms with Crippen LogP contribution in [0.2, 0.25) is 0 Å². The molecule has 0 saturated carbocycles. The van der Waals surface area contributed by atoms with Crippen LogP contribution in [0.1, 0.15) is 12.5 Å². The molecule has 2 saturated heterocycles. The summed E-state index contributed by atoms with van der Waals surface area (Å²) >= 11 is 0. The highest BCUT2D eigenvalue weighted by Crippen LogP contribution is 2.23. The summed E-state index contributed by atoms with van der Waals surface area (Å²) in [6.45, 7) is 2.28. The van der Waals surface area contributed by atoms with Gasteiger partial charge in [-0.1, -0.05) is 42.5 Å². The van der Waals surface area contributed by atoms with Gasteiger partial charge in [0.2, 0.25) is 11.8 Å². The Labute approximate surface area is 163 Å². The van der Waals surface area contributed by atoms with Crippen LogP contribution in [0, 0.1) is 0 Å². The molecule has 28 heavy (non-hydrogen) atoms. The molecule has 2 fully saturated rings. The molecule has 0 radical (unpaired) electrons. The van der Waals surface area contributed by atoms with Crippen LogP contribution >= 0.6 is 0 Å². The molecular weight excluding hydrogens is 358 g/mol. The largest absolute Gasteiger partial charge is 0.351 e. The molecule has 2 aromatic rings. The van der Waals surface area contributed by atoms with Crippen molar-refractivity contribution in [3.63, 3.8) is 0 Å². The molecule has 8 nitrogen and oxygen atoms in total. The maximum atomic E-state index is 13.0. The highest BCUT2D eigenvalue weighted by Gasteiger charge is 2.46. The number of benzene rings is 2. The summed E-state index contributed by atoms with van der Waals surface area (Å²) in [5.41, 5.74) is 1.02. The lowest BCUT2D eigenvalue weighted by molar-refractivity contribution is -0.179. The van der Waals surface area contributed by atoms with Crippen molar-refractivity contribution in [3.05, 3.63) is 48.0 Å². The Morgan fingerprint density at radius 2 is 1.93 bits per heavy atom. The first-order chi connectivity index (χ1) is 13.5. The monoisotopic (exact) mass is 381 g/mol. The molecule has 2 N–H and O–H groups in total. The van der Waals surface area contributed by atoms with Gasteiger partial charge >= 0.3 is 6.03 Å². The summed E-state index contributed by atoms with van der Waals surface area (Å²) in [4.78, 5) is 38.8. The number of nitrogens with zero attached hydrogens (tertiary/aromatic N) is 3. The number of rotatable bonds is 2. The lowest BCUT2D eigenvalue weighted by Gasteiger charge is -2.51. The molecule has 0 aliphatic carbocycles. The number of carbonyl (C=O) groups is 3. The van der Waals surface area contributed by atoms with Crippen molar-refractivity contribution in [2.24, 2.45) is 0 Å². The Morgan fingerprint density at radius 1 is 1.18 bits per heavy atom. The zero-order valence-electron chi connectivity index (χ0n) is 15.9. The molecule has 146 valence electrons. The first-order valence-corrected chi connectivity index (χ1v) is 9.31. The zero-order chi connectivity index (χ0) is 19.8. The third-order valence-electron chi connectivity index (χ3n) is 5.50. The second kappa shape index (κ2) is 7.12. The predicted octanol–water partition coefficient (Wildman–Crippen LogP) is 0.885. The third-order valence-corrected chi connectivity index (χ3v) is 5.50. The van der Waals surface area contributed by atoms with Gasteiger partial charge in [-0.2, -0.15) is 0 Å². The summed E-state index contributed by atoms with van der Waals surface area (Å²) in [6, 6.07) is 13.2. The van der Waals surface area contributed by atoms with Crippen LogP contribution in [0.5, 0.6) is 0 Å². The van der Waals surface area contributed by atoms with Gasteiger partial charge in [0.05, 0.1) is 6.54 Å². The van der Waals surface area contributed by atoms with Crippen molar-refractivity contribution in [3.8, 4) is 0 Å². The maximum absolute atomic E-state index is 13.0. The second-order valence-electron chi connectivity index (χ2n) is 7.14. The van der Waals surface area contributed by atoms with Gasteiger partial charge in [0, 0.05) is 13.6 Å². The highest BCUT2D eigenvalue weighted by atomic mass is 16.2. The van der Waals surface area contributed by atoms with Crippen LogP contribution in [-0.4, -0.2) is 65.1 Å². The Kier molecular flexibility index (Phi) is 4.64. The van der Waals surface area contributed by atoms with E-state index in [-0.39, 0.29) is 30.9 Å². The number of amides is 4. The molecule has 2 aliphatic heterocycles. The van der Waals surface area contributed by atoms with Crippen LogP contribution < -0.4 is 10.6 Å². The fraction of sp³-hybridized carbons (Fsp3) is 0.350. The zero-order valence-corrected chi connectivity index (χ0v) is 15.9. The Morgan fingerprint density at radius 3 is 2.75 bits per heavy atom. The Hall–Kier alpha value is -3.13. The van der Waals surface area contributed by atoms with E-state index >= 15 is 0 Å². The van der Waals surface area contributed by atoms with Gasteiger partial charge in [-0.15, -0.1) is 0 Å². The normalized spacial score (nSPS) is 22.8. The van der Waals surface area contributed by atoms with Crippen LogP contribution in [-0.2, 0) is 16.1 Å². The minimum Gasteiger partial charge on any atom is -0.351 e. The molecule has 2 heterocycles. The number of hydrazine groups is 1. The molecule has 2 unspecified atom stereocenters. The minimum absolute atomic E-state index is 0.0330. The van der Waals surface area contributed by atoms with Crippen molar-refractivity contribution in [1.29, 1.82) is 0 Å². The van der Waals surface area contributed by atoms with Gasteiger partial charge in [0.1, 0.15) is 18.8 Å². The minimum atomic E-state index is -0.529. The van der Waals surface area contributed by atoms with E-state index in [4.69, 9.17) is 0 Å². The van der Waals surface area contributed by atoms with Gasteiger partial charge < -0.3 is 15.5 Å². The molecule has 4 rings (SSSR count). The van der Waals surface area contributed by atoms with E-state index in [1.807, 2.05) is 42.5 Å². The molecule has 0 spiro atoms. The van der Waals surface area contributed by atoms with Gasteiger partial charge in [-0.25, -0.2) is 14.8 Å². The van der Waals surface area contributed by atoms with Crippen molar-refractivity contribution in [2.75, 3.05) is 20.1 Å². The fourth-order valence-electron chi connectivity index (χ4n) is 3.85. The van der Waals surface area contributed by atoms with Gasteiger partial charge in [-0.3, -0.25) is 9.59 Å². The van der Waals surface area contributed by atoms with Crippen LogP contribution in [0.3, 0.4) is 0 Å². The first kappa shape index (κ1) is 18.2. The van der Waals surface area contributed by atoms with E-state index < -0.39 is 12.2 Å². The van der Waals surface area contributed by atoms with E-state index in [0.717, 1.165) is 16.3 Å². The number of hydrogen-bond donors (Lipinski definition) is 2. The molecule has 8 heteroatoms. The molecule has 0 aromatic heterocycles. The number of nitrogens with one attached hydrogen (secondary N) is 2. The summed E-state index contributed by atoms with van der Waals surface area (Å²) in [5.74, 6) is -0.363. The molecule has 4 amide bonds. The van der Waals surface area contributed by atoms with Crippen molar-refractivity contribution in [2.45, 2.75) is 25.7 Å². The Balaban J connectivity index is 1.54. The number of carbonyl (C=O) groups excluding carboxylic acids is 3. The van der Waals surface area contributed by atoms with E-state index in [9.17, 15) is 14.4 Å². The van der Waals surface area contributed by atoms with Crippen LogP contribution in [0.4, 0.5) is 4.79 Å². The number of urea groups is 1. The predicted molar refractivity (Wildman–Crippen MR) is 104 cm³/mol. The van der Waals surface area contributed by atoms with Crippen molar-refractivity contribution >= 4 is 28.6 Å². The lowest BCUT2D eigenvalue weighted by Crippen LogP contribution is -2.75. The molecule has 2 aromatic carbocycles. The molecule has 2 atom stereocenters. The molecule has 2 aliphatic rings. The summed E-state index contributed by atoms with van der Waals surface area (Å²) in [5, 5.41) is 11.1. The highest BCUT2D eigenvalue weighted by molar-refractivity contribution is 5.91. The number of likely N-dealkylation sites (N-methyl/N-ethyl adjacent to an activating group) is 1. The number of piperazine rings is 1. The molecular formula is C20H23N5O3. The topological polar surface area (TPSA) is 85.0 Å². The number of fused-ring (bicyclic) bond motifs is 2. The quantitative estimate of drug-likeness (QED) is 0.809. The maximum Gasteiger partial charge on any atom is 0.334 e. The van der Waals surface area contributed by atoms with E-state index in [1.165, 1.54) is 9.91 Å². The van der Waals surface area contributed by atoms with Crippen molar-refractivity contribution in [1.82, 2.24) is 25.6 Å². The standard InChI is InChI=1S/C20H23N5O3/c1-13-19(27)24-12-17(26)21-11-18(24)25(23(13)2)20(28)22-10-15-8-5-7-14-6-3-4-9-16(14)15/h3-9,13,18H,10-12H2,1-2H3,(H,21,26)(H,22,28). The number of hydrogen-bond acceptors (Lipinski definition) is 4. The second-order valence-corrected chi connectivity index (χ2v) is 7.14. The Bertz CT molecular complexity index is 941. The summed E-state index contributed by atoms with van der Waals surface area (Å²) in [6.07, 6.45) is -0.529. The van der Waals surface area contributed by atoms with Crippen molar-refractivity contribution < 1.29 is 14.4 Å². The van der Waals surface area contributed by atoms with E-state index in [2.05, 4.69) is 10.6 Å². The third kappa shape index (κ3) is 3.05. The average Bonchev–Trinajstić information content (AvgIpc) is 2.71. The first-order valence-electron chi connectivity index (χ1n) is 9.31. The lowest BCUT2D eigenvalue weighted by atomic mass is 10.0. The SMILES string of the molecule is CC1C(=O)N2CC(=O)NCC2N(C(=O)NCc2cccc3ccccc23)N1C. The smallest absolute Gasteiger partial charge is 0.334 e. The summed E-state index contributed by atoms with van der Waals surface area (Å²) < 4.78 is 0. The van der Waals surface area contributed by atoms with Crippen LogP contribution in [0.25, 0.3) is 10.8 Å². The van der Waals surface area contributed by atoms with E-state index in [0.29, 0.717) is 6.54 Å². The average molecular weight is 381 g/mol. The molecule has 0 bridgehead atoms. The summed E-state index contributed by atoms with van der Waals surface area (Å²) in [7, 11) is 1.72. The van der Waals surface area contributed by atoms with E-state index in [1.54, 1.807) is 19.0 Å². The van der Waals surface area contributed by atoms with Gasteiger partial charge in [-0.05, 0) is 23.3 Å². The van der Waals surface area contributed by atoms with Crippen LogP contribution in [0.15, 0.2) is 42.5 Å². The fourth-order valence-corrected chi connectivity index (χ4v) is 3.85. The van der Waals surface area contributed by atoms with Gasteiger partial charge in [0.25, 0.3) is 0 Å².